The van der Waals surface area contributed by atoms with Crippen LogP contribution in [0.3, 0.4) is 0 Å². The summed E-state index contributed by atoms with van der Waals surface area (Å²) in [5, 5.41) is 2.95. The fourth-order valence-corrected chi connectivity index (χ4v) is 1.54. The van der Waals surface area contributed by atoms with Gasteiger partial charge in [-0.25, -0.2) is 5.43 Å². The molecular weight excluding hydrogens is 190 g/mol. The van der Waals surface area contributed by atoms with Crippen LogP contribution >= 0.6 is 0 Å². The van der Waals surface area contributed by atoms with Gasteiger partial charge in [0.05, 0.1) is 0 Å². The van der Waals surface area contributed by atoms with E-state index in [0.29, 0.717) is 0 Å². The molecule has 0 aliphatic rings. The second kappa shape index (κ2) is 4.73. The first-order chi connectivity index (χ1) is 6.58. The summed E-state index contributed by atoms with van der Waals surface area (Å²) in [6.07, 6.45) is 0.790. The van der Waals surface area contributed by atoms with Crippen LogP contribution in [0.5, 0.6) is 0 Å². The Hall–Kier alpha value is -0.930. The molecule has 88 valence electrons. The van der Waals surface area contributed by atoms with Crippen LogP contribution in [0.1, 0.15) is 48.0 Å². The van der Waals surface area contributed by atoms with Gasteiger partial charge < -0.3 is 0 Å². The van der Waals surface area contributed by atoms with E-state index in [9.17, 15) is 4.79 Å². The number of nitrogens with zero attached hydrogens (tertiary/aromatic N) is 1. The highest BCUT2D eigenvalue weighted by Gasteiger charge is 2.34. The van der Waals surface area contributed by atoms with Crippen LogP contribution < -0.4 is 5.43 Å². The van der Waals surface area contributed by atoms with E-state index in [1.807, 2.05) is 20.8 Å². The van der Waals surface area contributed by atoms with Crippen molar-refractivity contribution in [2.75, 3.05) is 0 Å². The van der Waals surface area contributed by atoms with E-state index in [1.54, 1.807) is 0 Å². The van der Waals surface area contributed by atoms with Crippen LogP contribution in [0.2, 0.25) is 0 Å². The van der Waals surface area contributed by atoms with Crippen LogP contribution in [-0.2, 0) is 4.79 Å². The summed E-state index contributed by atoms with van der Waals surface area (Å²) in [6, 6.07) is 0. The van der Waals surface area contributed by atoms with E-state index in [4.69, 9.17) is 5.53 Å². The van der Waals surface area contributed by atoms with Crippen molar-refractivity contribution in [3.63, 3.8) is 0 Å². The zero-order chi connectivity index (χ0) is 12.3. The fourth-order valence-electron chi connectivity index (χ4n) is 1.54. The highest BCUT2D eigenvalue weighted by atomic mass is 16.2. The lowest BCUT2D eigenvalue weighted by Crippen LogP contribution is -2.37. The molecule has 0 aromatic heterocycles. The van der Waals surface area contributed by atoms with Crippen LogP contribution in [0.4, 0.5) is 0 Å². The highest BCUT2D eigenvalue weighted by Crippen LogP contribution is 2.35. The van der Waals surface area contributed by atoms with Gasteiger partial charge >= 0.3 is 0 Å². The van der Waals surface area contributed by atoms with Crippen molar-refractivity contribution >= 4 is 5.91 Å². The molecule has 1 amide bonds. The normalized spacial score (nSPS) is 14.5. The lowest BCUT2D eigenvalue weighted by atomic mass is 9.72. The summed E-state index contributed by atoms with van der Waals surface area (Å²) in [5.41, 5.74) is 8.87. The molecule has 0 rings (SSSR count). The van der Waals surface area contributed by atoms with E-state index in [-0.39, 0.29) is 22.7 Å². The molecule has 0 aromatic rings. The molecule has 0 spiro atoms. The van der Waals surface area contributed by atoms with Gasteiger partial charge in [0, 0.05) is 5.92 Å². The molecule has 1 unspecified atom stereocenters. The molecule has 15 heavy (non-hydrogen) atoms. The van der Waals surface area contributed by atoms with Crippen molar-refractivity contribution in [2.45, 2.75) is 48.0 Å². The number of hydrogen-bond acceptors (Lipinski definition) is 3. The lowest BCUT2D eigenvalue weighted by Gasteiger charge is -2.33. The number of hydrogen-bond donors (Lipinski definition) is 2. The minimum absolute atomic E-state index is 0.0946. The summed E-state index contributed by atoms with van der Waals surface area (Å²) >= 11 is 0. The summed E-state index contributed by atoms with van der Waals surface area (Å²) in [4.78, 5) is 11.7. The molecule has 0 bridgehead atoms. The molecule has 4 heteroatoms. The van der Waals surface area contributed by atoms with Crippen molar-refractivity contribution in [3.8, 4) is 0 Å². The van der Waals surface area contributed by atoms with Crippen LogP contribution in [0.15, 0.2) is 5.22 Å². The monoisotopic (exact) mass is 213 g/mol. The Bertz CT molecular complexity index is 235. The van der Waals surface area contributed by atoms with Crippen LogP contribution in [-0.4, -0.2) is 5.91 Å². The average Bonchev–Trinajstić information content (AvgIpc) is 1.97. The second-order valence-corrected chi connectivity index (χ2v) is 6.27. The molecule has 4 nitrogen and oxygen atoms in total. The van der Waals surface area contributed by atoms with Crippen molar-refractivity contribution in [3.05, 3.63) is 0 Å². The summed E-state index contributed by atoms with van der Waals surface area (Å²) in [7, 11) is 0. The smallest absolute Gasteiger partial charge is 0.245 e. The van der Waals surface area contributed by atoms with Gasteiger partial charge in [-0.15, -0.1) is 0 Å². The van der Waals surface area contributed by atoms with Crippen molar-refractivity contribution in [2.24, 2.45) is 22.0 Å². The molecule has 0 fully saturated rings. The third kappa shape index (κ3) is 5.50. The molecular formula is C11H23N3O. The number of nitrogens with one attached hydrogen (secondary N) is 2. The Morgan fingerprint density at radius 1 is 1.27 bits per heavy atom. The van der Waals surface area contributed by atoms with E-state index in [2.05, 4.69) is 31.4 Å². The van der Waals surface area contributed by atoms with E-state index in [1.165, 1.54) is 0 Å². The number of carbonyl (C=O) groups excluding carboxylic acids is 1. The van der Waals surface area contributed by atoms with E-state index in [0.717, 1.165) is 6.42 Å². The second-order valence-electron chi connectivity index (χ2n) is 6.27. The summed E-state index contributed by atoms with van der Waals surface area (Å²) < 4.78 is 0. The predicted molar refractivity (Wildman–Crippen MR) is 60.3 cm³/mol. The lowest BCUT2D eigenvalue weighted by molar-refractivity contribution is -0.129. The first kappa shape index (κ1) is 14.1. The predicted octanol–water partition coefficient (Wildman–Crippen LogP) is 3.15. The van der Waals surface area contributed by atoms with Gasteiger partial charge in [0.2, 0.25) is 5.91 Å². The van der Waals surface area contributed by atoms with Crippen molar-refractivity contribution in [1.82, 2.24) is 5.43 Å². The van der Waals surface area contributed by atoms with Gasteiger partial charge in [-0.05, 0) is 17.3 Å². The average molecular weight is 213 g/mol. The van der Waals surface area contributed by atoms with E-state index < -0.39 is 0 Å². The first-order valence-electron chi connectivity index (χ1n) is 5.24. The molecule has 0 aliphatic carbocycles. The first-order valence-corrected chi connectivity index (χ1v) is 5.24. The Kier molecular flexibility index (Phi) is 4.43. The Morgan fingerprint density at radius 2 is 1.73 bits per heavy atom. The zero-order valence-electron chi connectivity index (χ0n) is 10.6. The van der Waals surface area contributed by atoms with E-state index >= 15 is 0 Å². The zero-order valence-corrected chi connectivity index (χ0v) is 10.6. The molecule has 0 saturated carbocycles. The maximum atomic E-state index is 11.7. The Labute approximate surface area is 92.3 Å². The quantitative estimate of drug-likeness (QED) is 0.549. The molecule has 0 heterocycles. The van der Waals surface area contributed by atoms with Gasteiger partial charge in [-0.1, -0.05) is 46.8 Å². The molecule has 0 aliphatic heterocycles. The maximum absolute atomic E-state index is 11.7. The Balaban J connectivity index is 4.75. The van der Waals surface area contributed by atoms with Crippen LogP contribution in [0.25, 0.3) is 0 Å². The number of rotatable bonds is 3. The molecule has 2 N–H and O–H groups in total. The topological polar surface area (TPSA) is 65.3 Å². The van der Waals surface area contributed by atoms with Gasteiger partial charge in [-0.3, -0.25) is 4.79 Å². The van der Waals surface area contributed by atoms with Gasteiger partial charge in [0.1, 0.15) is 0 Å². The third-order valence-electron chi connectivity index (χ3n) is 2.34. The number of carbonyl (C=O) groups is 1. The van der Waals surface area contributed by atoms with Gasteiger partial charge in [0.15, 0.2) is 0 Å². The fraction of sp³-hybridized carbons (Fsp3) is 0.909. The largest absolute Gasteiger partial charge is 0.273 e. The summed E-state index contributed by atoms with van der Waals surface area (Å²) in [6.45, 7) is 12.4. The molecule has 0 saturated heterocycles. The SMILES string of the molecule is CC(C)(C)CC(C(=O)NN=N)C(C)(C)C. The van der Waals surface area contributed by atoms with Gasteiger partial charge in [0.25, 0.3) is 0 Å². The number of amides is 1. The molecule has 0 radical (unpaired) electrons. The van der Waals surface area contributed by atoms with Crippen molar-refractivity contribution < 1.29 is 4.79 Å². The maximum Gasteiger partial charge on any atom is 0.245 e. The Morgan fingerprint density at radius 3 is 2.00 bits per heavy atom. The standard InChI is InChI=1S/C11H23N3O/c1-10(2,3)7-8(11(4,5)6)9(15)13-14-12/h8H,7H2,1-6H3,(H2,12,13,15). The molecule has 0 aromatic carbocycles. The minimum Gasteiger partial charge on any atom is -0.273 e. The van der Waals surface area contributed by atoms with Crippen LogP contribution in [0, 0.1) is 22.3 Å². The van der Waals surface area contributed by atoms with Gasteiger partial charge in [-0.2, -0.15) is 5.53 Å². The summed E-state index contributed by atoms with van der Waals surface area (Å²) in [5.74, 6) is -0.279. The highest BCUT2D eigenvalue weighted by molar-refractivity contribution is 5.78. The molecule has 1 atom stereocenters. The third-order valence-corrected chi connectivity index (χ3v) is 2.34. The van der Waals surface area contributed by atoms with Crippen molar-refractivity contribution in [1.29, 1.82) is 5.53 Å². The minimum atomic E-state index is -0.160.